The summed E-state index contributed by atoms with van der Waals surface area (Å²) in [4.78, 5) is 36.0. The first-order valence-corrected chi connectivity index (χ1v) is 25.3. The van der Waals surface area contributed by atoms with Gasteiger partial charge in [0.25, 0.3) is 0 Å². The summed E-state index contributed by atoms with van der Waals surface area (Å²) in [5.41, 5.74) is 16.7. The van der Waals surface area contributed by atoms with E-state index in [1.807, 2.05) is 0 Å². The third-order valence-corrected chi connectivity index (χ3v) is 11.6. The Kier molecular flexibility index (Phi) is 42.0. The van der Waals surface area contributed by atoms with Gasteiger partial charge in [0, 0.05) is 19.4 Å². The van der Waals surface area contributed by atoms with Crippen LogP contribution in [0.1, 0.15) is 252 Å². The molecule has 0 saturated heterocycles. The molecule has 10 nitrogen and oxygen atoms in total. The van der Waals surface area contributed by atoms with Crippen molar-refractivity contribution >= 4 is 23.9 Å². The zero-order chi connectivity index (χ0) is 43.4. The van der Waals surface area contributed by atoms with Crippen LogP contribution in [0.15, 0.2) is 9.98 Å². The van der Waals surface area contributed by atoms with Crippen molar-refractivity contribution < 1.29 is 19.1 Å². The lowest BCUT2D eigenvalue weighted by atomic mass is 10.0. The number of hydrogen-bond donors (Lipinski definition) is 3. The molecule has 0 fully saturated rings. The Morgan fingerprint density at radius 3 is 1.24 bits per heavy atom. The first-order chi connectivity index (χ1) is 28.7. The zero-order valence-electron chi connectivity index (χ0n) is 39.4. The highest BCUT2D eigenvalue weighted by Gasteiger charge is 2.15. The van der Waals surface area contributed by atoms with Gasteiger partial charge in [-0.25, -0.2) is 0 Å². The number of carbonyl (C=O) groups excluding carboxylic acids is 2. The molecule has 0 bridgehead atoms. The molecular weight excluding hydrogens is 737 g/mol. The highest BCUT2D eigenvalue weighted by Crippen LogP contribution is 2.19. The van der Waals surface area contributed by atoms with Crippen LogP contribution in [0.3, 0.4) is 0 Å². The number of esters is 2. The minimum atomic E-state index is -0.0773. The Hall–Kier alpha value is -2.36. The second-order valence-corrected chi connectivity index (χ2v) is 17.3. The molecular formula is C49H98N6O4. The smallest absolute Gasteiger partial charge is 0.306 e. The summed E-state index contributed by atoms with van der Waals surface area (Å²) in [5.74, 6) is 0.0263. The van der Waals surface area contributed by atoms with Crippen molar-refractivity contribution in [2.75, 3.05) is 26.2 Å². The van der Waals surface area contributed by atoms with Crippen LogP contribution < -0.4 is 17.2 Å². The third-order valence-electron chi connectivity index (χ3n) is 11.6. The van der Waals surface area contributed by atoms with E-state index in [2.05, 4.69) is 42.6 Å². The Morgan fingerprint density at radius 1 is 0.458 bits per heavy atom. The van der Waals surface area contributed by atoms with E-state index in [4.69, 9.17) is 26.7 Å². The van der Waals surface area contributed by atoms with Gasteiger partial charge in [-0.1, -0.05) is 163 Å². The van der Waals surface area contributed by atoms with Gasteiger partial charge in [-0.05, 0) is 96.7 Å². The van der Waals surface area contributed by atoms with E-state index in [0.717, 1.165) is 122 Å². The maximum atomic E-state index is 12.8. The van der Waals surface area contributed by atoms with E-state index in [1.165, 1.54) is 109 Å². The monoisotopic (exact) mass is 835 g/mol. The van der Waals surface area contributed by atoms with Gasteiger partial charge in [-0.2, -0.15) is 4.99 Å². The van der Waals surface area contributed by atoms with Crippen molar-refractivity contribution in [3.05, 3.63) is 0 Å². The number of nitrogens with zero attached hydrogens (tertiary/aromatic N) is 3. The molecule has 0 spiro atoms. The van der Waals surface area contributed by atoms with Crippen molar-refractivity contribution in [1.29, 1.82) is 0 Å². The molecule has 59 heavy (non-hydrogen) atoms. The lowest BCUT2D eigenvalue weighted by molar-refractivity contribution is -0.150. The SMILES string of the molecule is CCCCCCCCC(CC)OC(=O)CCCCCCCN(CCCCCCCC(=O)OC(CCCCCCCC)CCCCCCCC)CCCN=C(N)N=C(N)N. The predicted molar refractivity (Wildman–Crippen MR) is 253 cm³/mol. The van der Waals surface area contributed by atoms with Gasteiger partial charge in [0.15, 0.2) is 5.96 Å². The van der Waals surface area contributed by atoms with Gasteiger partial charge in [-0.3, -0.25) is 14.6 Å². The molecule has 0 saturated carbocycles. The minimum absolute atomic E-state index is 0.00476. The Bertz CT molecular complexity index is 989. The van der Waals surface area contributed by atoms with E-state index in [-0.39, 0.29) is 36.1 Å². The van der Waals surface area contributed by atoms with Crippen LogP contribution in [0.25, 0.3) is 0 Å². The summed E-state index contributed by atoms with van der Waals surface area (Å²) >= 11 is 0. The molecule has 0 amide bonds. The van der Waals surface area contributed by atoms with Gasteiger partial charge in [0.1, 0.15) is 12.2 Å². The normalized spacial score (nSPS) is 12.3. The molecule has 1 atom stereocenters. The number of hydrogen-bond acceptors (Lipinski definition) is 6. The molecule has 10 heteroatoms. The molecule has 0 aromatic carbocycles. The Morgan fingerprint density at radius 2 is 0.814 bits per heavy atom. The Balaban J connectivity index is 4.54. The van der Waals surface area contributed by atoms with Crippen molar-refractivity contribution in [2.24, 2.45) is 27.2 Å². The van der Waals surface area contributed by atoms with Crippen LogP contribution in [0.4, 0.5) is 0 Å². The minimum Gasteiger partial charge on any atom is -0.462 e. The molecule has 0 aromatic heterocycles. The van der Waals surface area contributed by atoms with Crippen molar-refractivity contribution in [2.45, 2.75) is 265 Å². The fourth-order valence-corrected chi connectivity index (χ4v) is 7.82. The number of carbonyl (C=O) groups is 2. The lowest BCUT2D eigenvalue weighted by Gasteiger charge is -2.22. The van der Waals surface area contributed by atoms with Crippen LogP contribution in [0.2, 0.25) is 0 Å². The van der Waals surface area contributed by atoms with E-state index < -0.39 is 0 Å². The van der Waals surface area contributed by atoms with E-state index in [1.54, 1.807) is 0 Å². The van der Waals surface area contributed by atoms with E-state index >= 15 is 0 Å². The third kappa shape index (κ3) is 40.8. The fraction of sp³-hybridized carbons (Fsp3) is 0.918. The summed E-state index contributed by atoms with van der Waals surface area (Å²) in [6.07, 6.45) is 39.8. The molecule has 1 unspecified atom stereocenters. The number of nitrogens with two attached hydrogens (primary N) is 3. The molecule has 0 aliphatic carbocycles. The summed E-state index contributed by atoms with van der Waals surface area (Å²) in [7, 11) is 0. The van der Waals surface area contributed by atoms with Crippen molar-refractivity contribution in [3.63, 3.8) is 0 Å². The molecule has 0 aliphatic heterocycles. The van der Waals surface area contributed by atoms with Crippen LogP contribution in [-0.2, 0) is 19.1 Å². The number of rotatable bonds is 44. The topological polar surface area (TPSA) is 159 Å². The average molecular weight is 835 g/mol. The van der Waals surface area contributed by atoms with E-state index in [9.17, 15) is 9.59 Å². The second-order valence-electron chi connectivity index (χ2n) is 17.3. The van der Waals surface area contributed by atoms with Crippen LogP contribution in [-0.4, -0.2) is 67.1 Å². The Labute approximate surface area is 364 Å². The second kappa shape index (κ2) is 43.7. The highest BCUT2D eigenvalue weighted by atomic mass is 16.5. The average Bonchev–Trinajstić information content (AvgIpc) is 3.21. The first kappa shape index (κ1) is 56.6. The van der Waals surface area contributed by atoms with Gasteiger partial charge in [-0.15, -0.1) is 0 Å². The summed E-state index contributed by atoms with van der Waals surface area (Å²) in [5, 5.41) is 0. The highest BCUT2D eigenvalue weighted by molar-refractivity contribution is 5.92. The maximum Gasteiger partial charge on any atom is 0.306 e. The molecule has 0 aliphatic rings. The molecule has 6 N–H and O–H groups in total. The summed E-state index contributed by atoms with van der Waals surface area (Å²) in [6.45, 7) is 12.5. The van der Waals surface area contributed by atoms with Gasteiger partial charge >= 0.3 is 11.9 Å². The van der Waals surface area contributed by atoms with Crippen LogP contribution in [0.5, 0.6) is 0 Å². The molecule has 0 radical (unpaired) electrons. The number of ether oxygens (including phenoxy) is 2. The maximum absolute atomic E-state index is 12.8. The fourth-order valence-electron chi connectivity index (χ4n) is 7.82. The quantitative estimate of drug-likeness (QED) is 0.0237. The predicted octanol–water partition coefficient (Wildman–Crippen LogP) is 12.4. The van der Waals surface area contributed by atoms with Gasteiger partial charge < -0.3 is 31.6 Å². The van der Waals surface area contributed by atoms with E-state index in [0.29, 0.717) is 19.4 Å². The molecule has 0 heterocycles. The van der Waals surface area contributed by atoms with Crippen molar-refractivity contribution in [1.82, 2.24) is 4.90 Å². The van der Waals surface area contributed by atoms with Crippen molar-refractivity contribution in [3.8, 4) is 0 Å². The van der Waals surface area contributed by atoms with Gasteiger partial charge in [0.05, 0.1) is 0 Å². The number of aliphatic imine (C=N–C) groups is 2. The summed E-state index contributed by atoms with van der Waals surface area (Å²) in [6, 6.07) is 0. The first-order valence-electron chi connectivity index (χ1n) is 25.3. The zero-order valence-corrected chi connectivity index (χ0v) is 39.4. The van der Waals surface area contributed by atoms with Crippen LogP contribution >= 0.6 is 0 Å². The largest absolute Gasteiger partial charge is 0.462 e. The molecule has 0 rings (SSSR count). The van der Waals surface area contributed by atoms with Gasteiger partial charge in [0.2, 0.25) is 5.96 Å². The molecule has 0 aromatic rings. The number of guanidine groups is 2. The molecule has 348 valence electrons. The lowest BCUT2D eigenvalue weighted by Crippen LogP contribution is -2.28. The standard InChI is InChI=1S/C49H98N6O4/c1-5-9-12-15-20-27-35-44(8-4)58-46(56)38-30-23-18-25-32-41-55(43-34-40-53-49(52)54-48(50)51)42-33-26-19-24-31-39-47(57)59-45(36-28-21-16-13-10-6-2)37-29-22-17-14-11-7-3/h44-45H,5-43H2,1-4H3,(H6,50,51,52,53,54). The van der Waals surface area contributed by atoms with Crippen LogP contribution in [0, 0.1) is 0 Å². The summed E-state index contributed by atoms with van der Waals surface area (Å²) < 4.78 is 11.9. The number of unbranched alkanes of at least 4 members (excludes halogenated alkanes) is 23.